The Labute approximate surface area is 81.1 Å². The van der Waals surface area contributed by atoms with Crippen molar-refractivity contribution in [1.29, 1.82) is 0 Å². The molecule has 13 heavy (non-hydrogen) atoms. The Morgan fingerprint density at radius 1 is 1.46 bits per heavy atom. The molecule has 1 heterocycles. The van der Waals surface area contributed by atoms with Gasteiger partial charge in [0.25, 0.3) is 0 Å². The maximum absolute atomic E-state index is 6.06. The zero-order valence-electron chi connectivity index (χ0n) is 7.50. The van der Waals surface area contributed by atoms with Gasteiger partial charge in [0, 0.05) is 7.05 Å². The molecule has 0 spiro atoms. The first-order valence-corrected chi connectivity index (χ1v) is 4.35. The predicted molar refractivity (Wildman–Crippen MR) is 54.9 cm³/mol. The highest BCUT2D eigenvalue weighted by molar-refractivity contribution is 6.35. The number of aromatic nitrogens is 2. The Hall–Kier alpha value is -1.22. The Balaban J connectivity index is 2.94. The van der Waals surface area contributed by atoms with Crippen molar-refractivity contribution in [1.82, 2.24) is 9.55 Å². The summed E-state index contributed by atoms with van der Waals surface area (Å²) in [7, 11) is 1.85. The van der Waals surface area contributed by atoms with Gasteiger partial charge in [-0.1, -0.05) is 11.6 Å². The summed E-state index contributed by atoms with van der Waals surface area (Å²) in [5, 5.41) is 0.696. The summed E-state index contributed by atoms with van der Waals surface area (Å²) in [6, 6.07) is 3.88. The van der Waals surface area contributed by atoms with E-state index in [9.17, 15) is 0 Å². The lowest BCUT2D eigenvalue weighted by Crippen LogP contribution is -1.96. The number of hydrogen-bond acceptors (Lipinski definition) is 2. The average molecular weight is 196 g/mol. The van der Waals surface area contributed by atoms with Crippen LogP contribution >= 0.6 is 11.6 Å². The van der Waals surface area contributed by atoms with E-state index in [1.807, 2.05) is 26.1 Å². The maximum atomic E-state index is 6.06. The van der Waals surface area contributed by atoms with Gasteiger partial charge < -0.3 is 10.3 Å². The summed E-state index contributed by atoms with van der Waals surface area (Å²) in [6.07, 6.45) is 0. The molecule has 0 saturated carbocycles. The van der Waals surface area contributed by atoms with Crippen LogP contribution in [0.2, 0.25) is 5.02 Å². The second kappa shape index (κ2) is 2.64. The van der Waals surface area contributed by atoms with Gasteiger partial charge >= 0.3 is 0 Å². The van der Waals surface area contributed by atoms with Gasteiger partial charge in [0.2, 0.25) is 5.95 Å². The molecule has 0 amide bonds. The third-order valence-electron chi connectivity index (χ3n) is 2.10. The number of rotatable bonds is 0. The second-order valence-electron chi connectivity index (χ2n) is 3.14. The smallest absolute Gasteiger partial charge is 0.200 e. The minimum Gasteiger partial charge on any atom is -0.369 e. The van der Waals surface area contributed by atoms with E-state index in [1.165, 1.54) is 0 Å². The summed E-state index contributed by atoms with van der Waals surface area (Å²) >= 11 is 6.06. The fourth-order valence-corrected chi connectivity index (χ4v) is 1.84. The Morgan fingerprint density at radius 3 is 2.85 bits per heavy atom. The molecule has 0 saturated heterocycles. The van der Waals surface area contributed by atoms with Crippen molar-refractivity contribution >= 4 is 28.6 Å². The fourth-order valence-electron chi connectivity index (χ4n) is 1.45. The van der Waals surface area contributed by atoms with Gasteiger partial charge in [-0.2, -0.15) is 0 Å². The average Bonchev–Trinajstić information content (AvgIpc) is 2.27. The summed E-state index contributed by atoms with van der Waals surface area (Å²) in [5.74, 6) is 0.488. The minimum atomic E-state index is 0.488. The normalized spacial score (nSPS) is 11.0. The van der Waals surface area contributed by atoms with Crippen molar-refractivity contribution in [3.8, 4) is 0 Å². The zero-order valence-corrected chi connectivity index (χ0v) is 8.26. The molecule has 3 nitrogen and oxygen atoms in total. The molecular formula is C9H10ClN3. The summed E-state index contributed by atoms with van der Waals surface area (Å²) in [6.45, 7) is 1.98. The number of halogens is 1. The highest BCUT2D eigenvalue weighted by Crippen LogP contribution is 2.25. The molecule has 2 N–H and O–H groups in total. The molecule has 0 atom stereocenters. The van der Waals surface area contributed by atoms with Crippen LogP contribution in [-0.2, 0) is 7.05 Å². The Bertz CT molecular complexity index is 473. The number of fused-ring (bicyclic) bond motifs is 1. The number of anilines is 1. The van der Waals surface area contributed by atoms with Crippen LogP contribution < -0.4 is 5.73 Å². The number of benzene rings is 1. The number of hydrogen-bond donors (Lipinski definition) is 1. The minimum absolute atomic E-state index is 0.488. The molecule has 0 aliphatic rings. The highest BCUT2D eigenvalue weighted by Gasteiger charge is 2.08. The summed E-state index contributed by atoms with van der Waals surface area (Å²) in [4.78, 5) is 4.19. The lowest BCUT2D eigenvalue weighted by molar-refractivity contribution is 0.965. The van der Waals surface area contributed by atoms with Gasteiger partial charge in [-0.3, -0.25) is 0 Å². The van der Waals surface area contributed by atoms with Crippen LogP contribution in [0, 0.1) is 6.92 Å². The molecule has 68 valence electrons. The maximum Gasteiger partial charge on any atom is 0.200 e. The van der Waals surface area contributed by atoms with Gasteiger partial charge in [0.15, 0.2) is 0 Å². The quantitative estimate of drug-likeness (QED) is 0.700. The first-order chi connectivity index (χ1) is 6.09. The van der Waals surface area contributed by atoms with Crippen LogP contribution in [0.25, 0.3) is 11.0 Å². The molecule has 0 bridgehead atoms. The molecule has 0 radical (unpaired) electrons. The lowest BCUT2D eigenvalue weighted by Gasteiger charge is -1.99. The van der Waals surface area contributed by atoms with Gasteiger partial charge in [-0.25, -0.2) is 4.98 Å². The zero-order chi connectivity index (χ0) is 9.59. The van der Waals surface area contributed by atoms with Crippen molar-refractivity contribution in [3.05, 3.63) is 22.7 Å². The second-order valence-corrected chi connectivity index (χ2v) is 3.55. The van der Waals surface area contributed by atoms with Crippen LogP contribution in [-0.4, -0.2) is 9.55 Å². The van der Waals surface area contributed by atoms with Crippen molar-refractivity contribution in [2.75, 3.05) is 5.73 Å². The molecule has 1 aromatic carbocycles. The van der Waals surface area contributed by atoms with Gasteiger partial charge in [-0.15, -0.1) is 0 Å². The van der Waals surface area contributed by atoms with E-state index in [1.54, 1.807) is 4.57 Å². The van der Waals surface area contributed by atoms with Crippen LogP contribution in [0.4, 0.5) is 5.95 Å². The van der Waals surface area contributed by atoms with Crippen molar-refractivity contribution in [2.45, 2.75) is 6.92 Å². The van der Waals surface area contributed by atoms with Crippen LogP contribution in [0.1, 0.15) is 5.56 Å². The molecular weight excluding hydrogens is 186 g/mol. The third-order valence-corrected chi connectivity index (χ3v) is 2.39. The highest BCUT2D eigenvalue weighted by atomic mass is 35.5. The van der Waals surface area contributed by atoms with E-state index in [-0.39, 0.29) is 0 Å². The van der Waals surface area contributed by atoms with Gasteiger partial charge in [-0.05, 0) is 24.6 Å². The Morgan fingerprint density at radius 2 is 2.15 bits per heavy atom. The standard InChI is InChI=1S/C9H10ClN3/c1-5-3-6(10)8-7(4-5)12-9(11)13(8)2/h3-4H,1-2H3,(H2,11,12). The van der Waals surface area contributed by atoms with Crippen molar-refractivity contribution < 1.29 is 0 Å². The van der Waals surface area contributed by atoms with Crippen LogP contribution in [0.15, 0.2) is 12.1 Å². The molecule has 0 fully saturated rings. The fraction of sp³-hybridized carbons (Fsp3) is 0.222. The third kappa shape index (κ3) is 1.16. The van der Waals surface area contributed by atoms with Crippen molar-refractivity contribution in [2.24, 2.45) is 7.05 Å². The Kier molecular flexibility index (Phi) is 1.70. The van der Waals surface area contributed by atoms with E-state index < -0.39 is 0 Å². The molecule has 0 aliphatic carbocycles. The van der Waals surface area contributed by atoms with Crippen LogP contribution in [0.3, 0.4) is 0 Å². The van der Waals surface area contributed by atoms with E-state index in [0.29, 0.717) is 11.0 Å². The number of nitrogens with two attached hydrogens (primary N) is 1. The SMILES string of the molecule is Cc1cc(Cl)c2c(c1)nc(N)n2C. The summed E-state index contributed by atoms with van der Waals surface area (Å²) < 4.78 is 1.79. The monoisotopic (exact) mass is 195 g/mol. The van der Waals surface area contributed by atoms with Crippen LogP contribution in [0.5, 0.6) is 0 Å². The topological polar surface area (TPSA) is 43.8 Å². The van der Waals surface area contributed by atoms with E-state index in [2.05, 4.69) is 4.98 Å². The van der Waals surface area contributed by atoms with Gasteiger partial charge in [0.05, 0.1) is 16.1 Å². The molecule has 0 aliphatic heterocycles. The summed E-state index contributed by atoms with van der Waals surface area (Å²) in [5.41, 5.74) is 8.50. The molecule has 2 rings (SSSR count). The molecule has 2 aromatic rings. The number of nitrogen functional groups attached to an aromatic ring is 1. The number of imidazole rings is 1. The molecule has 1 aromatic heterocycles. The van der Waals surface area contributed by atoms with Crippen molar-refractivity contribution in [3.63, 3.8) is 0 Å². The molecule has 4 heteroatoms. The van der Waals surface area contributed by atoms with E-state index in [4.69, 9.17) is 17.3 Å². The molecule has 0 unspecified atom stereocenters. The lowest BCUT2D eigenvalue weighted by atomic mass is 10.2. The van der Waals surface area contributed by atoms with E-state index in [0.717, 1.165) is 16.6 Å². The number of aryl methyl sites for hydroxylation is 2. The largest absolute Gasteiger partial charge is 0.369 e. The predicted octanol–water partition coefficient (Wildman–Crippen LogP) is 2.12. The van der Waals surface area contributed by atoms with E-state index >= 15 is 0 Å². The first kappa shape index (κ1) is 8.38. The first-order valence-electron chi connectivity index (χ1n) is 3.97. The van der Waals surface area contributed by atoms with Gasteiger partial charge in [0.1, 0.15) is 0 Å². The number of nitrogens with zero attached hydrogens (tertiary/aromatic N) is 2.